The fourth-order valence-corrected chi connectivity index (χ4v) is 2.18. The summed E-state index contributed by atoms with van der Waals surface area (Å²) in [7, 11) is 0. The summed E-state index contributed by atoms with van der Waals surface area (Å²) in [5, 5.41) is 0. The highest BCUT2D eigenvalue weighted by Gasteiger charge is 2.25. The average molecular weight is 178 g/mol. The molecule has 1 rings (SSSR count). The first-order valence-corrected chi connectivity index (χ1v) is 5.21. The fraction of sp³-hybridized carbons (Fsp3) is 0.692. The molecule has 13 heavy (non-hydrogen) atoms. The van der Waals surface area contributed by atoms with Gasteiger partial charge >= 0.3 is 0 Å². The monoisotopic (exact) mass is 178 g/mol. The van der Waals surface area contributed by atoms with Crippen LogP contribution in [0.1, 0.15) is 48.0 Å². The Labute approximate surface area is 82.7 Å². The molecule has 1 aliphatic rings. The van der Waals surface area contributed by atoms with Crippen molar-refractivity contribution in [2.24, 2.45) is 11.3 Å². The molecule has 1 atom stereocenters. The normalized spacial score (nSPS) is 24.8. The standard InChI is InChI=1S/C13H22/c1-9-7-11(3)12(8-10(9)2)13(4,5)6/h8,11H,7H2,1-6H3. The zero-order valence-electron chi connectivity index (χ0n) is 9.86. The van der Waals surface area contributed by atoms with Crippen LogP contribution in [-0.2, 0) is 0 Å². The Bertz CT molecular complexity index is 258. The van der Waals surface area contributed by atoms with Crippen LogP contribution in [0.5, 0.6) is 0 Å². The van der Waals surface area contributed by atoms with Gasteiger partial charge in [-0.3, -0.25) is 0 Å². The molecule has 1 aliphatic carbocycles. The van der Waals surface area contributed by atoms with E-state index < -0.39 is 0 Å². The predicted octanol–water partition coefficient (Wildman–Crippen LogP) is 4.34. The molecule has 0 nitrogen and oxygen atoms in total. The van der Waals surface area contributed by atoms with Crippen LogP contribution in [-0.4, -0.2) is 0 Å². The summed E-state index contributed by atoms with van der Waals surface area (Å²) in [5.74, 6) is 0.726. The third-order valence-electron chi connectivity index (χ3n) is 3.05. The quantitative estimate of drug-likeness (QED) is 0.518. The minimum absolute atomic E-state index is 0.335. The van der Waals surface area contributed by atoms with E-state index in [9.17, 15) is 0 Å². The van der Waals surface area contributed by atoms with E-state index in [4.69, 9.17) is 0 Å². The third kappa shape index (κ3) is 2.24. The van der Waals surface area contributed by atoms with Crippen molar-refractivity contribution in [3.63, 3.8) is 0 Å². The van der Waals surface area contributed by atoms with Crippen molar-refractivity contribution in [1.82, 2.24) is 0 Å². The summed E-state index contributed by atoms with van der Waals surface area (Å²) in [6, 6.07) is 0. The fourth-order valence-electron chi connectivity index (χ4n) is 2.18. The van der Waals surface area contributed by atoms with E-state index in [1.165, 1.54) is 12.0 Å². The van der Waals surface area contributed by atoms with Crippen molar-refractivity contribution in [3.8, 4) is 0 Å². The van der Waals surface area contributed by atoms with Gasteiger partial charge in [0.1, 0.15) is 0 Å². The Morgan fingerprint density at radius 3 is 2.23 bits per heavy atom. The van der Waals surface area contributed by atoms with Gasteiger partial charge in [-0.25, -0.2) is 0 Å². The molecule has 0 bridgehead atoms. The maximum atomic E-state index is 2.39. The Balaban J connectivity index is 3.04. The van der Waals surface area contributed by atoms with Crippen LogP contribution in [0.2, 0.25) is 0 Å². The molecule has 0 amide bonds. The second-order valence-corrected chi connectivity index (χ2v) is 5.42. The zero-order valence-corrected chi connectivity index (χ0v) is 9.86. The van der Waals surface area contributed by atoms with Crippen molar-refractivity contribution in [2.45, 2.75) is 48.0 Å². The van der Waals surface area contributed by atoms with E-state index in [1.54, 1.807) is 11.1 Å². The summed E-state index contributed by atoms with van der Waals surface area (Å²) >= 11 is 0. The van der Waals surface area contributed by atoms with E-state index in [2.05, 4.69) is 47.6 Å². The molecular weight excluding hydrogens is 156 g/mol. The Morgan fingerprint density at radius 1 is 1.23 bits per heavy atom. The summed E-state index contributed by atoms with van der Waals surface area (Å²) in [4.78, 5) is 0. The number of rotatable bonds is 0. The van der Waals surface area contributed by atoms with Crippen LogP contribution < -0.4 is 0 Å². The molecule has 0 aromatic rings. The highest BCUT2D eigenvalue weighted by Crippen LogP contribution is 2.38. The van der Waals surface area contributed by atoms with E-state index in [-0.39, 0.29) is 0 Å². The molecule has 1 unspecified atom stereocenters. The van der Waals surface area contributed by atoms with E-state index in [1.807, 2.05) is 0 Å². The molecule has 0 aromatic heterocycles. The van der Waals surface area contributed by atoms with Crippen molar-refractivity contribution < 1.29 is 0 Å². The molecule has 0 aliphatic heterocycles. The van der Waals surface area contributed by atoms with E-state index in [0.29, 0.717) is 5.41 Å². The average Bonchev–Trinajstić information content (AvgIpc) is 1.94. The van der Waals surface area contributed by atoms with Gasteiger partial charge in [-0.1, -0.05) is 50.5 Å². The first-order chi connectivity index (χ1) is 5.82. The molecule has 0 saturated heterocycles. The highest BCUT2D eigenvalue weighted by molar-refractivity contribution is 5.35. The second-order valence-electron chi connectivity index (χ2n) is 5.42. The lowest BCUT2D eigenvalue weighted by Crippen LogP contribution is -2.19. The molecule has 0 spiro atoms. The third-order valence-corrected chi connectivity index (χ3v) is 3.05. The lowest BCUT2D eigenvalue weighted by Gasteiger charge is -2.32. The summed E-state index contributed by atoms with van der Waals surface area (Å²) in [6.45, 7) is 13.7. The van der Waals surface area contributed by atoms with Gasteiger partial charge < -0.3 is 0 Å². The van der Waals surface area contributed by atoms with Crippen LogP contribution in [0.4, 0.5) is 0 Å². The van der Waals surface area contributed by atoms with Crippen LogP contribution in [0.25, 0.3) is 0 Å². The Kier molecular flexibility index (Phi) is 2.70. The molecule has 0 radical (unpaired) electrons. The van der Waals surface area contributed by atoms with Gasteiger partial charge in [0.05, 0.1) is 0 Å². The molecule has 0 fully saturated rings. The van der Waals surface area contributed by atoms with Crippen LogP contribution in [0, 0.1) is 11.3 Å². The van der Waals surface area contributed by atoms with Crippen molar-refractivity contribution in [1.29, 1.82) is 0 Å². The van der Waals surface area contributed by atoms with Crippen molar-refractivity contribution in [2.75, 3.05) is 0 Å². The lowest BCUT2D eigenvalue weighted by atomic mass is 9.73. The number of hydrogen-bond donors (Lipinski definition) is 0. The van der Waals surface area contributed by atoms with Crippen LogP contribution >= 0.6 is 0 Å². The number of allylic oxidation sites excluding steroid dienone is 4. The van der Waals surface area contributed by atoms with Gasteiger partial charge in [0.15, 0.2) is 0 Å². The molecule has 0 heterocycles. The summed E-state index contributed by atoms with van der Waals surface area (Å²) in [6.07, 6.45) is 3.64. The Morgan fingerprint density at radius 2 is 1.77 bits per heavy atom. The van der Waals surface area contributed by atoms with Crippen molar-refractivity contribution in [3.05, 3.63) is 22.8 Å². The molecular formula is C13H22. The molecule has 0 aromatic carbocycles. The topological polar surface area (TPSA) is 0 Å². The van der Waals surface area contributed by atoms with E-state index in [0.717, 1.165) is 5.92 Å². The van der Waals surface area contributed by atoms with Gasteiger partial charge in [0.25, 0.3) is 0 Å². The predicted molar refractivity (Wildman–Crippen MR) is 59.7 cm³/mol. The Hall–Kier alpha value is -0.520. The van der Waals surface area contributed by atoms with Crippen molar-refractivity contribution >= 4 is 0 Å². The summed E-state index contributed by atoms with van der Waals surface area (Å²) < 4.78 is 0. The van der Waals surface area contributed by atoms with Crippen LogP contribution in [0.3, 0.4) is 0 Å². The second kappa shape index (κ2) is 3.32. The maximum absolute atomic E-state index is 2.39. The molecule has 0 saturated carbocycles. The van der Waals surface area contributed by atoms with Gasteiger partial charge in [-0.2, -0.15) is 0 Å². The lowest BCUT2D eigenvalue weighted by molar-refractivity contribution is 0.427. The molecule has 0 heteroatoms. The largest absolute Gasteiger partial charge is 0.0698 e. The smallest absolute Gasteiger partial charge is 0.0167 e. The number of hydrogen-bond acceptors (Lipinski definition) is 0. The first kappa shape index (κ1) is 10.6. The molecule has 74 valence electrons. The van der Waals surface area contributed by atoms with E-state index >= 15 is 0 Å². The van der Waals surface area contributed by atoms with Gasteiger partial charge in [-0.15, -0.1) is 0 Å². The van der Waals surface area contributed by atoms with Gasteiger partial charge in [0.2, 0.25) is 0 Å². The minimum Gasteiger partial charge on any atom is -0.0698 e. The first-order valence-electron chi connectivity index (χ1n) is 5.21. The molecule has 0 N–H and O–H groups in total. The van der Waals surface area contributed by atoms with Crippen LogP contribution in [0.15, 0.2) is 22.8 Å². The summed E-state index contributed by atoms with van der Waals surface area (Å²) in [5.41, 5.74) is 4.97. The zero-order chi connectivity index (χ0) is 10.2. The maximum Gasteiger partial charge on any atom is -0.0167 e. The SMILES string of the molecule is CC1=C(C)CC(C)C(C(C)(C)C)=C1. The minimum atomic E-state index is 0.335. The van der Waals surface area contributed by atoms with Gasteiger partial charge in [0, 0.05) is 0 Å². The highest BCUT2D eigenvalue weighted by atomic mass is 14.3. The van der Waals surface area contributed by atoms with Gasteiger partial charge in [-0.05, 0) is 31.6 Å².